The van der Waals surface area contributed by atoms with Crippen molar-refractivity contribution in [3.05, 3.63) is 42.2 Å². The Hall–Kier alpha value is -1.72. The lowest BCUT2D eigenvalue weighted by atomic mass is 9.46. The van der Waals surface area contributed by atoms with Crippen molar-refractivity contribution in [3.8, 4) is 0 Å². The van der Waals surface area contributed by atoms with Gasteiger partial charge >= 0.3 is 0 Å². The standard InChI is InChI=1S/C26H36N2O3/c1-17(27-31)26(28-13-5-4-6-14-28)23(30)16-22-20-8-7-18-15-19(29)9-11-24(18,2)21(20)10-12-25(22,26)3/h4-7,13-14,19-23,29-30H,8-12,15-16H2,1-3H3/p+1/b27-17-/t19-,20-,21+,22+,23-,24+,25+,26-/m1/s1. The SMILES string of the molecule is C/C(=N/O)[C@@]1([n+]2ccccc2)[C@H](O)C[C@H]2[C@@H]3CC=C4C[C@H](O)CC[C@]4(C)[C@H]3CC[C@@]21C. The number of allylic oxidation sites excluding steroid dienone is 1. The molecule has 31 heavy (non-hydrogen) atoms. The number of rotatable bonds is 2. The number of aliphatic hydroxyl groups is 2. The smallest absolute Gasteiger partial charge is 0.239 e. The Morgan fingerprint density at radius 3 is 2.52 bits per heavy atom. The van der Waals surface area contributed by atoms with Gasteiger partial charge in [0.1, 0.15) is 11.8 Å². The first kappa shape index (κ1) is 21.1. The molecule has 0 radical (unpaired) electrons. The molecule has 3 saturated carbocycles. The van der Waals surface area contributed by atoms with Crippen molar-refractivity contribution in [1.82, 2.24) is 0 Å². The molecular weight excluding hydrogens is 388 g/mol. The maximum Gasteiger partial charge on any atom is 0.239 e. The first-order valence-corrected chi connectivity index (χ1v) is 12.0. The van der Waals surface area contributed by atoms with Crippen molar-refractivity contribution in [2.75, 3.05) is 0 Å². The number of hydrogen-bond acceptors (Lipinski definition) is 4. The number of nitrogens with zero attached hydrogens (tertiary/aromatic N) is 2. The van der Waals surface area contributed by atoms with E-state index in [1.54, 1.807) is 0 Å². The number of aliphatic hydroxyl groups excluding tert-OH is 2. The third-order valence-electron chi connectivity index (χ3n) is 10.1. The van der Waals surface area contributed by atoms with E-state index in [1.165, 1.54) is 5.57 Å². The molecule has 3 N–H and O–H groups in total. The van der Waals surface area contributed by atoms with Gasteiger partial charge in [-0.25, -0.2) is 0 Å². The van der Waals surface area contributed by atoms with Gasteiger partial charge in [0.2, 0.25) is 5.54 Å². The molecule has 0 aliphatic heterocycles. The van der Waals surface area contributed by atoms with E-state index < -0.39 is 11.6 Å². The van der Waals surface area contributed by atoms with Crippen LogP contribution < -0.4 is 4.57 Å². The average molecular weight is 426 g/mol. The van der Waals surface area contributed by atoms with E-state index in [0.29, 0.717) is 23.5 Å². The Labute approximate surface area is 185 Å². The normalized spacial score (nSPS) is 47.2. The van der Waals surface area contributed by atoms with Crippen LogP contribution in [-0.2, 0) is 5.54 Å². The molecular formula is C26H37N2O3+. The molecule has 0 saturated heterocycles. The van der Waals surface area contributed by atoms with Crippen LogP contribution >= 0.6 is 0 Å². The monoisotopic (exact) mass is 425 g/mol. The molecule has 1 heterocycles. The number of oxime groups is 1. The summed E-state index contributed by atoms with van der Waals surface area (Å²) in [6, 6.07) is 5.97. The molecule has 0 bridgehead atoms. The van der Waals surface area contributed by atoms with E-state index in [2.05, 4.69) is 29.6 Å². The minimum Gasteiger partial charge on any atom is -0.411 e. The first-order valence-electron chi connectivity index (χ1n) is 12.0. The summed E-state index contributed by atoms with van der Waals surface area (Å²) in [7, 11) is 0. The van der Waals surface area contributed by atoms with Gasteiger partial charge in [-0.2, -0.15) is 4.57 Å². The van der Waals surface area contributed by atoms with Crippen LogP contribution in [0.1, 0.15) is 65.7 Å². The van der Waals surface area contributed by atoms with Gasteiger partial charge in [0.15, 0.2) is 12.4 Å². The molecule has 3 fully saturated rings. The van der Waals surface area contributed by atoms with Crippen molar-refractivity contribution in [2.24, 2.45) is 33.7 Å². The van der Waals surface area contributed by atoms with Crippen LogP contribution in [0, 0.1) is 28.6 Å². The molecule has 4 aliphatic carbocycles. The Morgan fingerprint density at radius 1 is 1.06 bits per heavy atom. The second kappa shape index (κ2) is 7.14. The lowest BCUT2D eigenvalue weighted by Gasteiger charge is -2.58. The van der Waals surface area contributed by atoms with Gasteiger partial charge in [-0.3, -0.25) is 0 Å². The molecule has 1 aromatic rings. The Kier molecular flexibility index (Phi) is 4.87. The first-order chi connectivity index (χ1) is 14.8. The van der Waals surface area contributed by atoms with Gasteiger partial charge in [-0.15, -0.1) is 0 Å². The summed E-state index contributed by atoms with van der Waals surface area (Å²) in [5.41, 5.74) is 1.28. The van der Waals surface area contributed by atoms with E-state index in [-0.39, 0.29) is 16.9 Å². The molecule has 5 rings (SSSR count). The maximum absolute atomic E-state index is 11.7. The molecule has 0 aromatic carbocycles. The van der Waals surface area contributed by atoms with Crippen LogP contribution in [0.2, 0.25) is 0 Å². The third-order valence-corrected chi connectivity index (χ3v) is 10.1. The summed E-state index contributed by atoms with van der Waals surface area (Å²) in [5, 5.41) is 35.5. The Morgan fingerprint density at radius 2 is 1.81 bits per heavy atom. The fraction of sp³-hybridized carbons (Fsp3) is 0.692. The molecule has 5 nitrogen and oxygen atoms in total. The van der Waals surface area contributed by atoms with Crippen LogP contribution in [0.15, 0.2) is 47.4 Å². The minimum absolute atomic E-state index is 0.166. The number of fused-ring (bicyclic) bond motifs is 5. The van der Waals surface area contributed by atoms with Crippen molar-refractivity contribution in [1.29, 1.82) is 0 Å². The molecule has 8 atom stereocenters. The van der Waals surface area contributed by atoms with E-state index in [1.807, 2.05) is 37.5 Å². The summed E-state index contributed by atoms with van der Waals surface area (Å²) in [6.45, 7) is 6.62. The van der Waals surface area contributed by atoms with Crippen LogP contribution in [-0.4, -0.2) is 33.3 Å². The van der Waals surface area contributed by atoms with Gasteiger partial charge in [0, 0.05) is 17.5 Å². The van der Waals surface area contributed by atoms with Crippen molar-refractivity contribution in [2.45, 2.75) is 83.5 Å². The van der Waals surface area contributed by atoms with E-state index >= 15 is 0 Å². The largest absolute Gasteiger partial charge is 0.411 e. The van der Waals surface area contributed by atoms with E-state index in [4.69, 9.17) is 0 Å². The summed E-state index contributed by atoms with van der Waals surface area (Å²) >= 11 is 0. The molecule has 5 heteroatoms. The highest BCUT2D eigenvalue weighted by Gasteiger charge is 2.74. The minimum atomic E-state index is -0.744. The predicted molar refractivity (Wildman–Crippen MR) is 119 cm³/mol. The van der Waals surface area contributed by atoms with Gasteiger partial charge in [0.05, 0.1) is 6.10 Å². The number of aromatic nitrogens is 1. The fourth-order valence-electron chi connectivity index (χ4n) is 8.68. The molecule has 0 unspecified atom stereocenters. The van der Waals surface area contributed by atoms with Crippen LogP contribution in [0.25, 0.3) is 0 Å². The third kappa shape index (κ3) is 2.62. The lowest BCUT2D eigenvalue weighted by Crippen LogP contribution is -2.72. The van der Waals surface area contributed by atoms with Gasteiger partial charge in [0.25, 0.3) is 0 Å². The predicted octanol–water partition coefficient (Wildman–Crippen LogP) is 3.81. The second-order valence-electron chi connectivity index (χ2n) is 11.1. The maximum atomic E-state index is 11.7. The van der Waals surface area contributed by atoms with Gasteiger partial charge in [-0.1, -0.05) is 36.7 Å². The molecule has 0 amide bonds. The van der Waals surface area contributed by atoms with E-state index in [0.717, 1.165) is 44.9 Å². The average Bonchev–Trinajstić information content (AvgIpc) is 3.01. The number of hydrogen-bond donors (Lipinski definition) is 3. The summed E-state index contributed by atoms with van der Waals surface area (Å²) < 4.78 is 2.11. The number of pyridine rings is 1. The van der Waals surface area contributed by atoms with Crippen LogP contribution in [0.3, 0.4) is 0 Å². The molecule has 4 aliphatic rings. The summed E-state index contributed by atoms with van der Waals surface area (Å²) in [5.74, 6) is 1.45. The van der Waals surface area contributed by atoms with Gasteiger partial charge in [-0.05, 0) is 75.0 Å². The summed E-state index contributed by atoms with van der Waals surface area (Å²) in [4.78, 5) is 0. The van der Waals surface area contributed by atoms with Gasteiger partial charge < -0.3 is 15.4 Å². The van der Waals surface area contributed by atoms with Crippen molar-refractivity contribution in [3.63, 3.8) is 0 Å². The van der Waals surface area contributed by atoms with Crippen molar-refractivity contribution >= 4 is 5.71 Å². The lowest BCUT2D eigenvalue weighted by molar-refractivity contribution is -0.766. The van der Waals surface area contributed by atoms with Crippen LogP contribution in [0.5, 0.6) is 0 Å². The highest BCUT2D eigenvalue weighted by Crippen LogP contribution is 2.68. The zero-order valence-electron chi connectivity index (χ0n) is 19.0. The Balaban J connectivity index is 1.61. The quantitative estimate of drug-likeness (QED) is 0.222. The van der Waals surface area contributed by atoms with Crippen LogP contribution in [0.4, 0.5) is 0 Å². The zero-order chi connectivity index (χ0) is 22.0. The topological polar surface area (TPSA) is 76.9 Å². The highest BCUT2D eigenvalue weighted by atomic mass is 16.4. The summed E-state index contributed by atoms with van der Waals surface area (Å²) in [6.07, 6.45) is 12.3. The Bertz CT molecular complexity index is 914. The van der Waals surface area contributed by atoms with E-state index in [9.17, 15) is 15.4 Å². The molecule has 1 aromatic heterocycles. The zero-order valence-corrected chi connectivity index (χ0v) is 19.0. The van der Waals surface area contributed by atoms with Crippen molar-refractivity contribution < 1.29 is 20.0 Å². The molecule has 0 spiro atoms. The molecule has 168 valence electrons. The highest BCUT2D eigenvalue weighted by molar-refractivity contribution is 5.89. The second-order valence-corrected chi connectivity index (χ2v) is 11.1. The fourth-order valence-corrected chi connectivity index (χ4v) is 8.68.